The molecule has 0 unspecified atom stereocenters. The number of nitrogens with zero attached hydrogens (tertiary/aromatic N) is 2. The van der Waals surface area contributed by atoms with Crippen LogP contribution in [0.25, 0.3) is 0 Å². The maximum atomic E-state index is 13.0. The van der Waals surface area contributed by atoms with E-state index in [0.29, 0.717) is 27.6 Å². The van der Waals surface area contributed by atoms with Crippen LogP contribution >= 0.6 is 34.8 Å². The number of aromatic nitrogens is 2. The minimum Gasteiger partial charge on any atom is -0.220 e. The summed E-state index contributed by atoms with van der Waals surface area (Å²) in [5.41, 5.74) is 1.48. The molecule has 1 heterocycles. The Morgan fingerprint density at radius 3 is 2.30 bits per heavy atom. The fraction of sp³-hybridized carbons (Fsp3) is 0.286. The Hall–Kier alpha value is -0.900. The van der Waals surface area contributed by atoms with Crippen molar-refractivity contribution in [3.05, 3.63) is 56.3 Å². The van der Waals surface area contributed by atoms with Crippen LogP contribution < -0.4 is 0 Å². The monoisotopic (exact) mass is 332 g/mol. The first-order chi connectivity index (χ1) is 9.51. The van der Waals surface area contributed by atoms with Gasteiger partial charge in [0.1, 0.15) is 21.9 Å². The first-order valence-corrected chi connectivity index (χ1v) is 7.29. The average molecular weight is 334 g/mol. The van der Waals surface area contributed by atoms with E-state index in [0.717, 1.165) is 24.0 Å². The van der Waals surface area contributed by atoms with Crippen molar-refractivity contribution in [3.63, 3.8) is 0 Å². The van der Waals surface area contributed by atoms with Crippen molar-refractivity contribution in [3.8, 4) is 0 Å². The van der Waals surface area contributed by atoms with Gasteiger partial charge in [-0.1, -0.05) is 54.2 Å². The Bertz CT molecular complexity index is 609. The molecule has 0 aliphatic heterocycles. The smallest absolute Gasteiger partial charge is 0.137 e. The fourth-order valence-electron chi connectivity index (χ4n) is 1.84. The molecule has 0 saturated heterocycles. The molecule has 20 heavy (non-hydrogen) atoms. The molecule has 0 N–H and O–H groups in total. The van der Waals surface area contributed by atoms with Gasteiger partial charge in [0.2, 0.25) is 0 Å². The number of benzene rings is 1. The van der Waals surface area contributed by atoms with Gasteiger partial charge in [0.05, 0.1) is 0 Å². The van der Waals surface area contributed by atoms with E-state index in [1.165, 1.54) is 12.1 Å². The van der Waals surface area contributed by atoms with Gasteiger partial charge in [-0.2, -0.15) is 0 Å². The highest BCUT2D eigenvalue weighted by molar-refractivity contribution is 6.34. The molecule has 2 rings (SSSR count). The summed E-state index contributed by atoms with van der Waals surface area (Å²) in [6, 6.07) is 4.20. The topological polar surface area (TPSA) is 25.8 Å². The van der Waals surface area contributed by atoms with Gasteiger partial charge in [-0.15, -0.1) is 0 Å². The molecule has 0 saturated carbocycles. The third kappa shape index (κ3) is 3.60. The number of hydrogen-bond donors (Lipinski definition) is 0. The second-order valence-corrected chi connectivity index (χ2v) is 5.49. The molecule has 0 fully saturated rings. The first-order valence-electron chi connectivity index (χ1n) is 6.16. The molecule has 2 aromatic rings. The zero-order valence-corrected chi connectivity index (χ0v) is 13.0. The van der Waals surface area contributed by atoms with Crippen LogP contribution in [0.5, 0.6) is 0 Å². The van der Waals surface area contributed by atoms with Crippen LogP contribution in [0.2, 0.25) is 15.3 Å². The summed E-state index contributed by atoms with van der Waals surface area (Å²) in [6.45, 7) is 2.03. The highest BCUT2D eigenvalue weighted by atomic mass is 35.5. The van der Waals surface area contributed by atoms with Gasteiger partial charge in [-0.05, 0) is 24.1 Å². The molecular weight excluding hydrogens is 322 g/mol. The highest BCUT2D eigenvalue weighted by Gasteiger charge is 2.12. The van der Waals surface area contributed by atoms with Crippen molar-refractivity contribution in [1.29, 1.82) is 0 Å². The second-order valence-electron chi connectivity index (χ2n) is 4.36. The van der Waals surface area contributed by atoms with Gasteiger partial charge in [-0.3, -0.25) is 0 Å². The van der Waals surface area contributed by atoms with E-state index in [1.807, 2.05) is 6.92 Å². The van der Waals surface area contributed by atoms with Crippen molar-refractivity contribution in [2.45, 2.75) is 26.2 Å². The summed E-state index contributed by atoms with van der Waals surface area (Å²) < 4.78 is 13.0. The van der Waals surface area contributed by atoms with E-state index >= 15 is 0 Å². The number of hydrogen-bond acceptors (Lipinski definition) is 2. The molecular formula is C14H12Cl3FN2. The molecule has 0 aliphatic carbocycles. The molecule has 106 valence electrons. The fourth-order valence-corrected chi connectivity index (χ4v) is 2.69. The largest absolute Gasteiger partial charge is 0.220 e. The lowest BCUT2D eigenvalue weighted by atomic mass is 10.1. The number of rotatable bonds is 4. The van der Waals surface area contributed by atoms with E-state index in [2.05, 4.69) is 9.97 Å². The Kier molecular flexibility index (Phi) is 5.19. The third-order valence-electron chi connectivity index (χ3n) is 2.82. The normalized spacial score (nSPS) is 10.8. The van der Waals surface area contributed by atoms with Crippen LogP contribution in [0, 0.1) is 5.82 Å². The third-order valence-corrected chi connectivity index (χ3v) is 3.79. The molecule has 1 aromatic heterocycles. The molecule has 1 aromatic carbocycles. The molecule has 6 heteroatoms. The molecule has 2 nitrogen and oxygen atoms in total. The molecule has 0 amide bonds. The maximum Gasteiger partial charge on any atom is 0.137 e. The van der Waals surface area contributed by atoms with E-state index in [4.69, 9.17) is 34.8 Å². The van der Waals surface area contributed by atoms with Crippen molar-refractivity contribution in [2.24, 2.45) is 0 Å². The van der Waals surface area contributed by atoms with E-state index in [9.17, 15) is 4.39 Å². The molecule has 0 spiro atoms. The first kappa shape index (κ1) is 15.5. The predicted molar refractivity (Wildman–Crippen MR) is 80.3 cm³/mol. The average Bonchev–Trinajstić information content (AvgIpc) is 2.37. The number of halogens is 4. The van der Waals surface area contributed by atoms with Crippen LogP contribution in [-0.2, 0) is 12.8 Å². The lowest BCUT2D eigenvalue weighted by molar-refractivity contribution is 0.627. The van der Waals surface area contributed by atoms with Crippen molar-refractivity contribution < 1.29 is 4.39 Å². The van der Waals surface area contributed by atoms with Crippen LogP contribution in [0.1, 0.15) is 30.3 Å². The lowest BCUT2D eigenvalue weighted by Gasteiger charge is -2.08. The van der Waals surface area contributed by atoms with Gasteiger partial charge in [-0.25, -0.2) is 14.4 Å². The van der Waals surface area contributed by atoms with Gasteiger partial charge >= 0.3 is 0 Å². The SMILES string of the molecule is CCCc1c(Cl)nc(Cc2ccc(F)cc2Cl)nc1Cl. The summed E-state index contributed by atoms with van der Waals surface area (Å²) in [5.74, 6) is 0.0855. The van der Waals surface area contributed by atoms with Crippen LogP contribution in [0.4, 0.5) is 4.39 Å². The minimum absolute atomic E-state index is 0.332. The van der Waals surface area contributed by atoms with Gasteiger partial charge < -0.3 is 0 Å². The summed E-state index contributed by atoms with van der Waals surface area (Å²) in [5, 5.41) is 1.05. The van der Waals surface area contributed by atoms with Crippen molar-refractivity contribution in [2.75, 3.05) is 0 Å². The summed E-state index contributed by atoms with van der Waals surface area (Å²) in [7, 11) is 0. The highest BCUT2D eigenvalue weighted by Crippen LogP contribution is 2.25. The van der Waals surface area contributed by atoms with E-state index < -0.39 is 0 Å². The Morgan fingerprint density at radius 1 is 1.10 bits per heavy atom. The Morgan fingerprint density at radius 2 is 1.75 bits per heavy atom. The molecule has 0 radical (unpaired) electrons. The minimum atomic E-state index is -0.381. The Balaban J connectivity index is 2.30. The van der Waals surface area contributed by atoms with Crippen LogP contribution in [0.15, 0.2) is 18.2 Å². The zero-order chi connectivity index (χ0) is 14.7. The quantitative estimate of drug-likeness (QED) is 0.726. The second kappa shape index (κ2) is 6.70. The Labute approximate surface area is 131 Å². The standard InChI is InChI=1S/C14H12Cl3FN2/c1-2-3-10-13(16)19-12(20-14(10)17)6-8-4-5-9(18)7-11(8)15/h4-5,7H,2-3,6H2,1H3. The van der Waals surface area contributed by atoms with Gasteiger partial charge in [0, 0.05) is 17.0 Å². The van der Waals surface area contributed by atoms with Crippen LogP contribution in [0.3, 0.4) is 0 Å². The maximum absolute atomic E-state index is 13.0. The summed E-state index contributed by atoms with van der Waals surface area (Å²) in [4.78, 5) is 8.46. The van der Waals surface area contributed by atoms with E-state index in [-0.39, 0.29) is 5.82 Å². The van der Waals surface area contributed by atoms with E-state index in [1.54, 1.807) is 6.07 Å². The predicted octanol–water partition coefficient (Wildman–Crippen LogP) is 5.12. The van der Waals surface area contributed by atoms with Crippen molar-refractivity contribution in [1.82, 2.24) is 9.97 Å². The zero-order valence-electron chi connectivity index (χ0n) is 10.8. The molecule has 0 aliphatic rings. The van der Waals surface area contributed by atoms with Gasteiger partial charge in [0.25, 0.3) is 0 Å². The molecule has 0 bridgehead atoms. The van der Waals surface area contributed by atoms with Gasteiger partial charge in [0.15, 0.2) is 0 Å². The summed E-state index contributed by atoms with van der Waals surface area (Å²) >= 11 is 18.2. The van der Waals surface area contributed by atoms with Crippen molar-refractivity contribution >= 4 is 34.8 Å². The summed E-state index contributed by atoms with van der Waals surface area (Å²) in [6.07, 6.45) is 1.99. The lowest BCUT2D eigenvalue weighted by Crippen LogP contribution is -2.02. The van der Waals surface area contributed by atoms with Crippen LogP contribution in [-0.4, -0.2) is 9.97 Å². The molecule has 0 atom stereocenters.